The Bertz CT molecular complexity index is 1120. The molecule has 1 aliphatic heterocycles. The number of urea groups is 1. The van der Waals surface area contributed by atoms with Gasteiger partial charge < -0.3 is 10.2 Å². The van der Waals surface area contributed by atoms with E-state index in [1.165, 1.54) is 0 Å². The fourth-order valence-electron chi connectivity index (χ4n) is 3.67. The molecule has 0 spiro atoms. The summed E-state index contributed by atoms with van der Waals surface area (Å²) < 4.78 is 26.5. The van der Waals surface area contributed by atoms with Crippen molar-refractivity contribution in [2.24, 2.45) is 0 Å². The van der Waals surface area contributed by atoms with Crippen molar-refractivity contribution in [1.82, 2.24) is 9.88 Å². The van der Waals surface area contributed by atoms with Gasteiger partial charge in [-0.3, -0.25) is 0 Å². The Morgan fingerprint density at radius 3 is 2.62 bits per heavy atom. The van der Waals surface area contributed by atoms with Gasteiger partial charge in [0.15, 0.2) is 9.84 Å². The number of rotatable bonds is 4. The number of fused-ring (bicyclic) bond motifs is 1. The zero-order valence-corrected chi connectivity index (χ0v) is 17.8. The second kappa shape index (κ2) is 8.12. The molecule has 2 aromatic carbocycles. The molecule has 0 aliphatic carbocycles. The Kier molecular flexibility index (Phi) is 5.56. The monoisotopic (exact) mass is 429 g/mol. The molecule has 8 heteroatoms. The van der Waals surface area contributed by atoms with E-state index in [2.05, 4.69) is 10.3 Å². The summed E-state index contributed by atoms with van der Waals surface area (Å²) in [5, 5.41) is 3.50. The number of carbonyl (C=O) groups excluding carboxylic acids is 1. The number of hydrogen-bond donors (Lipinski definition) is 1. The largest absolute Gasteiger partial charge is 0.324 e. The van der Waals surface area contributed by atoms with Crippen molar-refractivity contribution in [1.29, 1.82) is 0 Å². The summed E-state index contributed by atoms with van der Waals surface area (Å²) >= 11 is 1.62. The van der Waals surface area contributed by atoms with Crippen molar-refractivity contribution in [3.05, 3.63) is 59.1 Å². The molecular formula is C21H23N3O3S2. The lowest BCUT2D eigenvalue weighted by Gasteiger charge is -2.31. The first-order valence-corrected chi connectivity index (χ1v) is 12.1. The van der Waals surface area contributed by atoms with Crippen LogP contribution < -0.4 is 5.32 Å². The van der Waals surface area contributed by atoms with Crippen LogP contribution >= 0.6 is 11.3 Å². The first-order valence-electron chi connectivity index (χ1n) is 9.59. The minimum atomic E-state index is -3.23. The maximum Gasteiger partial charge on any atom is 0.321 e. The molecule has 152 valence electrons. The van der Waals surface area contributed by atoms with Crippen molar-refractivity contribution in [2.45, 2.75) is 30.8 Å². The molecule has 1 N–H and O–H groups in total. The van der Waals surface area contributed by atoms with Crippen molar-refractivity contribution in [2.75, 3.05) is 18.4 Å². The topological polar surface area (TPSA) is 79.4 Å². The number of anilines is 1. The molecule has 3 aromatic rings. The third kappa shape index (κ3) is 4.59. The van der Waals surface area contributed by atoms with Crippen LogP contribution in [0.15, 0.2) is 48.5 Å². The summed E-state index contributed by atoms with van der Waals surface area (Å²) in [5.74, 6) is 0.0533. The first-order chi connectivity index (χ1) is 13.9. The van der Waals surface area contributed by atoms with Crippen LogP contribution in [-0.2, 0) is 15.6 Å². The van der Waals surface area contributed by atoms with Crippen LogP contribution in [0.2, 0.25) is 0 Å². The maximum atomic E-state index is 12.7. The summed E-state index contributed by atoms with van der Waals surface area (Å²) in [6.45, 7) is 2.82. The molecule has 4 rings (SSSR count). The fourth-order valence-corrected chi connectivity index (χ4v) is 6.29. The van der Waals surface area contributed by atoms with Gasteiger partial charge in [0.25, 0.3) is 0 Å². The van der Waals surface area contributed by atoms with Crippen LogP contribution in [0.1, 0.15) is 23.4 Å². The van der Waals surface area contributed by atoms with Gasteiger partial charge in [0.2, 0.25) is 0 Å². The van der Waals surface area contributed by atoms with E-state index in [1.54, 1.807) is 16.2 Å². The van der Waals surface area contributed by atoms with Gasteiger partial charge in [-0.2, -0.15) is 0 Å². The molecule has 0 unspecified atom stereocenters. The average molecular weight is 430 g/mol. The van der Waals surface area contributed by atoms with E-state index in [0.717, 1.165) is 20.8 Å². The summed E-state index contributed by atoms with van der Waals surface area (Å²) in [5.41, 5.74) is 2.38. The van der Waals surface area contributed by atoms with Crippen LogP contribution in [-0.4, -0.2) is 42.7 Å². The highest BCUT2D eigenvalue weighted by atomic mass is 32.2. The number of piperidine rings is 1. The lowest BCUT2D eigenvalue weighted by atomic mass is 10.1. The van der Waals surface area contributed by atoms with E-state index in [-0.39, 0.29) is 11.8 Å². The Hall–Kier alpha value is -2.45. The number of sulfone groups is 1. The van der Waals surface area contributed by atoms with Gasteiger partial charge in [-0.25, -0.2) is 18.2 Å². The summed E-state index contributed by atoms with van der Waals surface area (Å²) in [6, 6.07) is 14.7. The number of amides is 2. The van der Waals surface area contributed by atoms with Crippen LogP contribution in [0.25, 0.3) is 10.2 Å². The Morgan fingerprint density at radius 1 is 1.17 bits per heavy atom. The highest BCUT2D eigenvalue weighted by Crippen LogP contribution is 2.25. The summed E-state index contributed by atoms with van der Waals surface area (Å²) in [7, 11) is -3.23. The zero-order chi connectivity index (χ0) is 20.4. The van der Waals surface area contributed by atoms with Gasteiger partial charge in [-0.15, -0.1) is 11.3 Å². The smallest absolute Gasteiger partial charge is 0.321 e. The number of aromatic nitrogens is 1. The van der Waals surface area contributed by atoms with Gasteiger partial charge in [-0.05, 0) is 43.5 Å². The lowest BCUT2D eigenvalue weighted by molar-refractivity contribution is 0.200. The first kappa shape index (κ1) is 19.8. The molecule has 2 amide bonds. The predicted octanol–water partition coefficient (Wildman–Crippen LogP) is 4.22. The van der Waals surface area contributed by atoms with Crippen LogP contribution in [0.5, 0.6) is 0 Å². The quantitative estimate of drug-likeness (QED) is 0.674. The number of nitrogens with one attached hydrogen (secondary N) is 1. The number of carbonyl (C=O) groups is 1. The molecule has 1 aromatic heterocycles. The van der Waals surface area contributed by atoms with Gasteiger partial charge in [0.1, 0.15) is 0 Å². The van der Waals surface area contributed by atoms with E-state index in [0.29, 0.717) is 31.6 Å². The van der Waals surface area contributed by atoms with Gasteiger partial charge in [0.05, 0.1) is 26.2 Å². The highest BCUT2D eigenvalue weighted by Gasteiger charge is 2.31. The lowest BCUT2D eigenvalue weighted by Crippen LogP contribution is -2.44. The summed E-state index contributed by atoms with van der Waals surface area (Å²) in [6.07, 6.45) is 0.930. The Labute approximate surface area is 174 Å². The Balaban J connectivity index is 1.35. The average Bonchev–Trinajstić information content (AvgIpc) is 3.08. The molecule has 1 aliphatic rings. The molecule has 1 saturated heterocycles. The van der Waals surface area contributed by atoms with Crippen molar-refractivity contribution in [3.8, 4) is 0 Å². The third-order valence-electron chi connectivity index (χ3n) is 5.19. The number of benzene rings is 2. The zero-order valence-electron chi connectivity index (χ0n) is 16.2. The normalized spacial score (nSPS) is 15.6. The number of nitrogens with zero attached hydrogens (tertiary/aromatic N) is 2. The van der Waals surface area contributed by atoms with Gasteiger partial charge >= 0.3 is 6.03 Å². The van der Waals surface area contributed by atoms with Crippen LogP contribution in [0, 0.1) is 6.92 Å². The molecule has 29 heavy (non-hydrogen) atoms. The number of hydrogen-bond acceptors (Lipinski definition) is 5. The molecule has 2 heterocycles. The molecule has 1 fully saturated rings. The minimum absolute atomic E-state index is 0.0533. The molecular weight excluding hydrogens is 406 g/mol. The molecule has 0 radical (unpaired) electrons. The SMILES string of the molecule is Cc1nc2cc(NC(=O)N3CCC(S(=O)(=O)Cc4ccccc4)CC3)ccc2s1. The molecule has 0 saturated carbocycles. The van der Waals surface area contributed by atoms with Crippen molar-refractivity contribution in [3.63, 3.8) is 0 Å². The second-order valence-corrected chi connectivity index (χ2v) is 10.8. The standard InChI is InChI=1S/C21H23N3O3S2/c1-15-22-19-13-17(7-8-20(19)28-15)23-21(25)24-11-9-18(10-12-24)29(26,27)14-16-5-3-2-4-6-16/h2-8,13,18H,9-12,14H2,1H3,(H,23,25). The van der Waals surface area contributed by atoms with E-state index >= 15 is 0 Å². The van der Waals surface area contributed by atoms with E-state index in [1.807, 2.05) is 55.5 Å². The minimum Gasteiger partial charge on any atom is -0.324 e. The molecule has 0 bridgehead atoms. The highest BCUT2D eigenvalue weighted by molar-refractivity contribution is 7.91. The Morgan fingerprint density at radius 2 is 1.90 bits per heavy atom. The van der Waals surface area contributed by atoms with Crippen molar-refractivity contribution < 1.29 is 13.2 Å². The maximum absolute atomic E-state index is 12.7. The van der Waals surface area contributed by atoms with Crippen LogP contribution in [0.3, 0.4) is 0 Å². The van der Waals surface area contributed by atoms with E-state index < -0.39 is 15.1 Å². The number of aryl methyl sites for hydroxylation is 1. The number of likely N-dealkylation sites (tertiary alicyclic amines) is 1. The van der Waals surface area contributed by atoms with Gasteiger partial charge in [0, 0.05) is 18.8 Å². The molecule has 0 atom stereocenters. The fraction of sp³-hybridized carbons (Fsp3) is 0.333. The number of thiazole rings is 1. The second-order valence-electron chi connectivity index (χ2n) is 7.32. The van der Waals surface area contributed by atoms with Crippen molar-refractivity contribution >= 4 is 43.1 Å². The third-order valence-corrected chi connectivity index (χ3v) is 8.37. The van der Waals surface area contributed by atoms with Crippen LogP contribution in [0.4, 0.5) is 10.5 Å². The predicted molar refractivity (Wildman–Crippen MR) is 117 cm³/mol. The van der Waals surface area contributed by atoms with E-state index in [9.17, 15) is 13.2 Å². The van der Waals surface area contributed by atoms with E-state index in [4.69, 9.17) is 0 Å². The van der Waals surface area contributed by atoms with Gasteiger partial charge in [-0.1, -0.05) is 30.3 Å². The summed E-state index contributed by atoms with van der Waals surface area (Å²) in [4.78, 5) is 18.7. The molecule has 6 nitrogen and oxygen atoms in total.